The van der Waals surface area contributed by atoms with Crippen LogP contribution in [0.5, 0.6) is 0 Å². The zero-order valence-electron chi connectivity index (χ0n) is 11.1. The molecule has 1 aromatic heterocycles. The van der Waals surface area contributed by atoms with Crippen molar-refractivity contribution in [3.63, 3.8) is 0 Å². The summed E-state index contributed by atoms with van der Waals surface area (Å²) in [6.07, 6.45) is 7.51. The third kappa shape index (κ3) is 4.56. The smallest absolute Gasteiger partial charge is 0.244 e. The Balaban J connectivity index is 1.68. The maximum atomic E-state index is 11.6. The fraction of sp³-hybridized carbons (Fsp3) is 0.214. The number of nitrogens with two attached hydrogens (primary N) is 1. The Hall–Kier alpha value is -2.63. The maximum Gasteiger partial charge on any atom is 0.244 e. The van der Waals surface area contributed by atoms with Gasteiger partial charge in [0.25, 0.3) is 0 Å². The molecule has 0 saturated carbocycles. The van der Waals surface area contributed by atoms with Gasteiger partial charge in [-0.05, 0) is 30.2 Å². The van der Waals surface area contributed by atoms with E-state index in [-0.39, 0.29) is 5.91 Å². The van der Waals surface area contributed by atoms with Crippen molar-refractivity contribution in [2.24, 2.45) is 0 Å². The Morgan fingerprint density at radius 3 is 2.85 bits per heavy atom. The van der Waals surface area contributed by atoms with E-state index in [4.69, 9.17) is 5.73 Å². The van der Waals surface area contributed by atoms with Crippen molar-refractivity contribution in [3.8, 4) is 0 Å². The van der Waals surface area contributed by atoms with E-state index in [2.05, 4.69) is 15.6 Å². The summed E-state index contributed by atoms with van der Waals surface area (Å²) in [6, 6.07) is 7.33. The van der Waals surface area contributed by atoms with E-state index in [9.17, 15) is 4.79 Å². The van der Waals surface area contributed by atoms with Gasteiger partial charge in [-0.25, -0.2) is 0 Å². The molecule has 1 amide bonds. The van der Waals surface area contributed by atoms with Crippen LogP contribution in [-0.4, -0.2) is 27.4 Å². The first-order valence-corrected chi connectivity index (χ1v) is 6.39. The highest BCUT2D eigenvalue weighted by atomic mass is 16.1. The molecule has 20 heavy (non-hydrogen) atoms. The van der Waals surface area contributed by atoms with Crippen LogP contribution in [0.25, 0.3) is 6.08 Å². The number of carbonyl (C=O) groups excluding carboxylic acids is 1. The number of rotatable bonds is 6. The lowest BCUT2D eigenvalue weighted by molar-refractivity contribution is -0.116. The van der Waals surface area contributed by atoms with E-state index in [1.54, 1.807) is 35.3 Å². The highest BCUT2D eigenvalue weighted by molar-refractivity contribution is 5.91. The predicted octanol–water partition coefficient (Wildman–Crippen LogP) is 1.08. The van der Waals surface area contributed by atoms with Gasteiger partial charge in [-0.15, -0.1) is 5.10 Å². The Morgan fingerprint density at radius 2 is 2.15 bits per heavy atom. The predicted molar refractivity (Wildman–Crippen MR) is 77.5 cm³/mol. The first kappa shape index (κ1) is 13.8. The second kappa shape index (κ2) is 7.08. The average Bonchev–Trinajstić information content (AvgIpc) is 2.96. The molecule has 1 aromatic carbocycles. The quantitative estimate of drug-likeness (QED) is 0.467. The number of nitrogens with zero attached hydrogens (tertiary/aromatic N) is 3. The summed E-state index contributed by atoms with van der Waals surface area (Å²) in [7, 11) is 0. The fourth-order valence-electron chi connectivity index (χ4n) is 1.64. The summed E-state index contributed by atoms with van der Waals surface area (Å²) in [5.41, 5.74) is 7.24. The van der Waals surface area contributed by atoms with E-state index < -0.39 is 0 Å². The second-order valence-corrected chi connectivity index (χ2v) is 4.31. The molecule has 6 nitrogen and oxygen atoms in total. The lowest BCUT2D eigenvalue weighted by atomic mass is 10.2. The molecular weight excluding hydrogens is 254 g/mol. The lowest BCUT2D eigenvalue weighted by Gasteiger charge is -2.02. The van der Waals surface area contributed by atoms with Gasteiger partial charge in [0, 0.05) is 31.0 Å². The molecule has 0 fully saturated rings. The molecule has 3 N–H and O–H groups in total. The molecule has 0 radical (unpaired) electrons. The van der Waals surface area contributed by atoms with Crippen molar-refractivity contribution in [2.75, 3.05) is 12.3 Å². The highest BCUT2D eigenvalue weighted by Gasteiger charge is 1.96. The average molecular weight is 271 g/mol. The summed E-state index contributed by atoms with van der Waals surface area (Å²) in [5, 5.41) is 10.4. The van der Waals surface area contributed by atoms with Gasteiger partial charge >= 0.3 is 0 Å². The van der Waals surface area contributed by atoms with Gasteiger partial charge in [0.15, 0.2) is 0 Å². The number of aromatic nitrogens is 3. The number of carbonyl (C=O) groups is 1. The van der Waals surface area contributed by atoms with E-state index >= 15 is 0 Å². The second-order valence-electron chi connectivity index (χ2n) is 4.31. The highest BCUT2D eigenvalue weighted by Crippen LogP contribution is 2.06. The van der Waals surface area contributed by atoms with Gasteiger partial charge < -0.3 is 11.1 Å². The van der Waals surface area contributed by atoms with Crippen molar-refractivity contribution in [3.05, 3.63) is 48.3 Å². The molecule has 2 aromatic rings. The van der Waals surface area contributed by atoms with Gasteiger partial charge in [-0.3, -0.25) is 9.48 Å². The van der Waals surface area contributed by atoms with Gasteiger partial charge in [-0.1, -0.05) is 17.3 Å². The van der Waals surface area contributed by atoms with Crippen LogP contribution in [0.15, 0.2) is 42.7 Å². The first-order chi connectivity index (χ1) is 9.74. The van der Waals surface area contributed by atoms with Crippen LogP contribution in [0.2, 0.25) is 0 Å². The fourth-order valence-corrected chi connectivity index (χ4v) is 1.64. The van der Waals surface area contributed by atoms with Crippen molar-refractivity contribution < 1.29 is 4.79 Å². The van der Waals surface area contributed by atoms with E-state index in [0.717, 1.165) is 18.5 Å². The SMILES string of the molecule is Nc1ccc(/C=C/C(=O)NCCCn2ccnn2)cc1. The Kier molecular flexibility index (Phi) is 4.88. The van der Waals surface area contributed by atoms with Crippen LogP contribution < -0.4 is 11.1 Å². The Morgan fingerprint density at radius 1 is 1.35 bits per heavy atom. The van der Waals surface area contributed by atoms with Crippen molar-refractivity contribution in [1.82, 2.24) is 20.3 Å². The summed E-state index contributed by atoms with van der Waals surface area (Å²) in [5.74, 6) is -0.111. The van der Waals surface area contributed by atoms with E-state index in [1.165, 1.54) is 6.08 Å². The minimum absolute atomic E-state index is 0.111. The number of hydrogen-bond acceptors (Lipinski definition) is 4. The molecule has 0 spiro atoms. The van der Waals surface area contributed by atoms with Gasteiger partial charge in [0.2, 0.25) is 5.91 Å². The number of amides is 1. The molecule has 0 unspecified atom stereocenters. The van der Waals surface area contributed by atoms with E-state index in [1.807, 2.05) is 12.1 Å². The van der Waals surface area contributed by atoms with Crippen molar-refractivity contribution in [2.45, 2.75) is 13.0 Å². The molecule has 0 aliphatic carbocycles. The van der Waals surface area contributed by atoms with Crippen LogP contribution in [0.3, 0.4) is 0 Å². The first-order valence-electron chi connectivity index (χ1n) is 6.39. The number of benzene rings is 1. The van der Waals surface area contributed by atoms with Crippen LogP contribution in [-0.2, 0) is 11.3 Å². The topological polar surface area (TPSA) is 85.8 Å². The summed E-state index contributed by atoms with van der Waals surface area (Å²) < 4.78 is 1.73. The monoisotopic (exact) mass is 271 g/mol. The van der Waals surface area contributed by atoms with Crippen molar-refractivity contribution >= 4 is 17.7 Å². The molecule has 104 valence electrons. The summed E-state index contributed by atoms with van der Waals surface area (Å²) in [4.78, 5) is 11.6. The number of anilines is 1. The molecule has 2 rings (SSSR count). The number of hydrogen-bond donors (Lipinski definition) is 2. The van der Waals surface area contributed by atoms with Gasteiger partial charge in [0.05, 0.1) is 6.20 Å². The standard InChI is InChI=1S/C14H17N5O/c15-13-5-2-12(3-6-13)4-7-14(20)16-8-1-10-19-11-9-17-18-19/h2-7,9,11H,1,8,10,15H2,(H,16,20)/b7-4+. The van der Waals surface area contributed by atoms with Gasteiger partial charge in [0.1, 0.15) is 0 Å². The molecule has 6 heteroatoms. The molecule has 1 heterocycles. The Bertz CT molecular complexity index is 560. The minimum atomic E-state index is -0.111. The molecule has 0 aliphatic heterocycles. The van der Waals surface area contributed by atoms with Crippen LogP contribution >= 0.6 is 0 Å². The van der Waals surface area contributed by atoms with Crippen molar-refractivity contribution in [1.29, 1.82) is 0 Å². The normalized spacial score (nSPS) is 10.8. The molecule has 0 bridgehead atoms. The maximum absolute atomic E-state index is 11.6. The minimum Gasteiger partial charge on any atom is -0.399 e. The largest absolute Gasteiger partial charge is 0.399 e. The third-order valence-corrected chi connectivity index (χ3v) is 2.70. The molecule has 0 aliphatic rings. The van der Waals surface area contributed by atoms with E-state index in [0.29, 0.717) is 12.2 Å². The Labute approximate surface area is 117 Å². The van der Waals surface area contributed by atoms with Crippen LogP contribution in [0, 0.1) is 0 Å². The summed E-state index contributed by atoms with van der Waals surface area (Å²) >= 11 is 0. The number of nitrogens with one attached hydrogen (secondary N) is 1. The zero-order valence-corrected chi connectivity index (χ0v) is 11.1. The molecule has 0 atom stereocenters. The zero-order chi connectivity index (χ0) is 14.2. The lowest BCUT2D eigenvalue weighted by Crippen LogP contribution is -2.23. The molecule has 0 saturated heterocycles. The van der Waals surface area contributed by atoms with Crippen LogP contribution in [0.1, 0.15) is 12.0 Å². The third-order valence-electron chi connectivity index (χ3n) is 2.70. The van der Waals surface area contributed by atoms with Crippen LogP contribution in [0.4, 0.5) is 5.69 Å². The number of aryl methyl sites for hydroxylation is 1. The number of nitrogen functional groups attached to an aromatic ring is 1. The van der Waals surface area contributed by atoms with Gasteiger partial charge in [-0.2, -0.15) is 0 Å². The molecular formula is C14H17N5O. The summed E-state index contributed by atoms with van der Waals surface area (Å²) in [6.45, 7) is 1.34.